The molecule has 0 saturated carbocycles. The van der Waals surface area contributed by atoms with Gasteiger partial charge in [-0.2, -0.15) is 5.10 Å². The maximum atomic E-state index is 6.15. The van der Waals surface area contributed by atoms with Gasteiger partial charge in [0, 0.05) is 20.6 Å². The van der Waals surface area contributed by atoms with Crippen molar-refractivity contribution < 1.29 is 4.74 Å². The first kappa shape index (κ1) is 21.2. The largest absolute Gasteiger partial charge is 0.496 e. The zero-order valence-electron chi connectivity index (χ0n) is 18.5. The highest BCUT2D eigenvalue weighted by Crippen LogP contribution is 2.48. The summed E-state index contributed by atoms with van der Waals surface area (Å²) in [5.74, 6) is 2.47. The summed E-state index contributed by atoms with van der Waals surface area (Å²) in [7, 11) is 1.71. The molecule has 1 atom stereocenters. The molecule has 4 aromatic rings. The Kier molecular flexibility index (Phi) is 5.08. The van der Waals surface area contributed by atoms with E-state index in [1.54, 1.807) is 7.11 Å². The predicted molar refractivity (Wildman–Crippen MR) is 141 cm³/mol. The van der Waals surface area contributed by atoms with Gasteiger partial charge in [-0.3, -0.25) is 0 Å². The van der Waals surface area contributed by atoms with Crippen molar-refractivity contribution in [2.45, 2.75) is 13.0 Å². The first-order valence-electron chi connectivity index (χ1n) is 10.9. The fourth-order valence-electron chi connectivity index (χ4n) is 4.75. The molecule has 2 aliphatic heterocycles. The molecule has 0 fully saturated rings. The number of hydrogen-bond donors (Lipinski definition) is 0. The number of rotatable bonds is 3. The summed E-state index contributed by atoms with van der Waals surface area (Å²) in [6.07, 6.45) is 4.18. The molecule has 6 rings (SSSR count). The summed E-state index contributed by atoms with van der Waals surface area (Å²) >= 11 is 9.81. The number of halogens is 2. The number of fused-ring (bicyclic) bond motifs is 4. The van der Waals surface area contributed by atoms with Gasteiger partial charge in [-0.25, -0.2) is 9.67 Å². The predicted octanol–water partition coefficient (Wildman–Crippen LogP) is 7.27. The number of aliphatic imine (C=N–C) groups is 1. The molecule has 0 bridgehead atoms. The van der Waals surface area contributed by atoms with Crippen LogP contribution in [0.25, 0.3) is 11.8 Å². The van der Waals surface area contributed by atoms with E-state index < -0.39 is 0 Å². The lowest BCUT2D eigenvalue weighted by molar-refractivity contribution is 0.407. The van der Waals surface area contributed by atoms with E-state index in [2.05, 4.69) is 63.3 Å². The molecular weight excluding hydrogens is 512 g/mol. The van der Waals surface area contributed by atoms with Crippen LogP contribution >= 0.6 is 27.5 Å². The normalized spacial score (nSPS) is 15.9. The van der Waals surface area contributed by atoms with Gasteiger partial charge in [0.15, 0.2) is 5.82 Å². The minimum absolute atomic E-state index is 0.179. The molecule has 0 radical (unpaired) electrons. The highest BCUT2D eigenvalue weighted by atomic mass is 79.9. The number of aromatic nitrogens is 2. The molecule has 0 aliphatic carbocycles. The average molecular weight is 532 g/mol. The van der Waals surface area contributed by atoms with Gasteiger partial charge in [-0.1, -0.05) is 45.7 Å². The minimum atomic E-state index is -0.179. The van der Waals surface area contributed by atoms with Crippen molar-refractivity contribution in [3.8, 4) is 11.4 Å². The Hall–Kier alpha value is -3.35. The Morgan fingerprint density at radius 2 is 1.79 bits per heavy atom. The number of methoxy groups -OCH3 is 1. The van der Waals surface area contributed by atoms with Crippen molar-refractivity contribution in [1.82, 2.24) is 9.78 Å². The van der Waals surface area contributed by atoms with Crippen LogP contribution < -0.4 is 9.64 Å². The molecule has 1 aromatic heterocycles. The van der Waals surface area contributed by atoms with E-state index in [0.717, 1.165) is 55.6 Å². The van der Waals surface area contributed by atoms with E-state index >= 15 is 0 Å². The van der Waals surface area contributed by atoms with Crippen LogP contribution in [0.15, 0.2) is 82.3 Å². The molecule has 1 unspecified atom stereocenters. The number of amidine groups is 1. The summed E-state index contributed by atoms with van der Waals surface area (Å²) in [4.78, 5) is 7.39. The van der Waals surface area contributed by atoms with Gasteiger partial charge < -0.3 is 9.64 Å². The van der Waals surface area contributed by atoms with Crippen LogP contribution in [0, 0.1) is 6.92 Å². The van der Waals surface area contributed by atoms with Gasteiger partial charge >= 0.3 is 0 Å². The SMILES string of the molecule is COc1ccc(Br)cc1C1c2c(C)nn(-c3ccc(Cl)cc3)c2N=C2C=Cc3ccccc3N21. The van der Waals surface area contributed by atoms with Crippen LogP contribution in [0.2, 0.25) is 5.02 Å². The maximum Gasteiger partial charge on any atom is 0.163 e. The van der Waals surface area contributed by atoms with Crippen molar-refractivity contribution in [3.63, 3.8) is 0 Å². The Balaban J connectivity index is 1.66. The quantitative estimate of drug-likeness (QED) is 0.279. The van der Waals surface area contributed by atoms with Crippen molar-refractivity contribution in [2.75, 3.05) is 12.0 Å². The number of nitrogens with zero attached hydrogens (tertiary/aromatic N) is 4. The van der Waals surface area contributed by atoms with Crippen LogP contribution in [0.1, 0.15) is 28.4 Å². The van der Waals surface area contributed by atoms with E-state index in [1.165, 1.54) is 0 Å². The van der Waals surface area contributed by atoms with Crippen molar-refractivity contribution >= 4 is 50.9 Å². The molecular formula is C27H20BrClN4O. The van der Waals surface area contributed by atoms with Crippen LogP contribution in [-0.4, -0.2) is 22.7 Å². The zero-order chi connectivity index (χ0) is 23.4. The average Bonchev–Trinajstić information content (AvgIpc) is 3.19. The third kappa shape index (κ3) is 3.29. The molecule has 3 heterocycles. The summed E-state index contributed by atoms with van der Waals surface area (Å²) < 4.78 is 8.72. The maximum absolute atomic E-state index is 6.15. The molecule has 0 spiro atoms. The fourth-order valence-corrected chi connectivity index (χ4v) is 5.25. The lowest BCUT2D eigenvalue weighted by atomic mass is 9.91. The summed E-state index contributed by atoms with van der Waals surface area (Å²) in [5.41, 5.74) is 6.14. The second-order valence-electron chi connectivity index (χ2n) is 8.23. The second kappa shape index (κ2) is 8.15. The highest BCUT2D eigenvalue weighted by Gasteiger charge is 2.39. The van der Waals surface area contributed by atoms with E-state index in [4.69, 9.17) is 26.4 Å². The molecule has 7 heteroatoms. The molecule has 0 N–H and O–H groups in total. The van der Waals surface area contributed by atoms with Crippen LogP contribution in [0.4, 0.5) is 11.5 Å². The van der Waals surface area contributed by atoms with E-state index in [1.807, 2.05) is 48.0 Å². The molecule has 168 valence electrons. The summed E-state index contributed by atoms with van der Waals surface area (Å²) in [6, 6.07) is 22.0. The lowest BCUT2D eigenvalue weighted by Crippen LogP contribution is -2.39. The smallest absolute Gasteiger partial charge is 0.163 e. The fraction of sp³-hybridized carbons (Fsp3) is 0.111. The van der Waals surface area contributed by atoms with E-state index in [9.17, 15) is 0 Å². The first-order valence-corrected chi connectivity index (χ1v) is 12.1. The van der Waals surface area contributed by atoms with Gasteiger partial charge in [0.1, 0.15) is 11.6 Å². The van der Waals surface area contributed by atoms with Gasteiger partial charge in [0.25, 0.3) is 0 Å². The van der Waals surface area contributed by atoms with Crippen molar-refractivity contribution in [2.24, 2.45) is 4.99 Å². The topological polar surface area (TPSA) is 42.6 Å². The molecule has 0 amide bonds. The van der Waals surface area contributed by atoms with Gasteiger partial charge in [0.2, 0.25) is 0 Å². The minimum Gasteiger partial charge on any atom is -0.496 e. The molecule has 34 heavy (non-hydrogen) atoms. The number of anilines is 1. The third-order valence-electron chi connectivity index (χ3n) is 6.25. The van der Waals surface area contributed by atoms with Crippen LogP contribution in [0.3, 0.4) is 0 Å². The molecule has 2 aliphatic rings. The zero-order valence-corrected chi connectivity index (χ0v) is 20.9. The monoisotopic (exact) mass is 530 g/mol. The van der Waals surface area contributed by atoms with Crippen LogP contribution in [0.5, 0.6) is 5.75 Å². The summed E-state index contributed by atoms with van der Waals surface area (Å²) in [6.45, 7) is 2.04. The van der Waals surface area contributed by atoms with Crippen molar-refractivity contribution in [3.05, 3.63) is 105 Å². The number of para-hydroxylation sites is 1. The van der Waals surface area contributed by atoms with E-state index in [0.29, 0.717) is 5.02 Å². The molecule has 0 saturated heterocycles. The Bertz CT molecular complexity index is 1490. The standard InChI is InChI=1S/C27H20BrClN4O/c1-16-25-26(21-15-18(28)8-13-23(21)34-2)32-22-6-4-3-5-17(22)7-14-24(32)30-27(25)33(31-16)20-11-9-19(29)10-12-20/h3-15,26H,1-2H3. The molecule has 5 nitrogen and oxygen atoms in total. The Morgan fingerprint density at radius 3 is 2.59 bits per heavy atom. The van der Waals surface area contributed by atoms with Gasteiger partial charge in [-0.15, -0.1) is 0 Å². The number of ether oxygens (including phenoxy) is 1. The third-order valence-corrected chi connectivity index (χ3v) is 6.99. The van der Waals surface area contributed by atoms with Crippen LogP contribution in [-0.2, 0) is 0 Å². The van der Waals surface area contributed by atoms with Crippen molar-refractivity contribution in [1.29, 1.82) is 0 Å². The summed E-state index contributed by atoms with van der Waals surface area (Å²) in [5, 5.41) is 5.61. The van der Waals surface area contributed by atoms with Gasteiger partial charge in [-0.05, 0) is 73.2 Å². The Labute approximate surface area is 211 Å². The number of aryl methyl sites for hydroxylation is 1. The highest BCUT2D eigenvalue weighted by molar-refractivity contribution is 9.10. The number of benzene rings is 3. The second-order valence-corrected chi connectivity index (χ2v) is 9.58. The lowest BCUT2D eigenvalue weighted by Gasteiger charge is -2.39. The van der Waals surface area contributed by atoms with Gasteiger partial charge in [0.05, 0.1) is 30.2 Å². The molecule has 3 aromatic carbocycles. The van der Waals surface area contributed by atoms with E-state index in [-0.39, 0.29) is 6.04 Å². The number of hydrogen-bond acceptors (Lipinski definition) is 4. The Morgan fingerprint density at radius 1 is 1.00 bits per heavy atom. The first-order chi connectivity index (χ1) is 16.5.